The molecule has 0 aliphatic heterocycles. The maximum atomic E-state index is 5.71. The van der Waals surface area contributed by atoms with E-state index in [4.69, 9.17) is 8.85 Å². The second kappa shape index (κ2) is 14.9. The molecule has 0 aliphatic rings. The molecule has 0 heterocycles. The third-order valence-electron chi connectivity index (χ3n) is 4.20. The van der Waals surface area contributed by atoms with Gasteiger partial charge in [-0.05, 0) is 38.3 Å². The monoisotopic (exact) mass is 336 g/mol. The molecule has 0 aliphatic carbocycles. The second-order valence-electron chi connectivity index (χ2n) is 6.19. The average molecular weight is 337 g/mol. The van der Waals surface area contributed by atoms with Gasteiger partial charge in [-0.2, -0.15) is 0 Å². The Balaban J connectivity index is 1.86. The van der Waals surface area contributed by atoms with Gasteiger partial charge in [0.1, 0.15) is 0 Å². The summed E-state index contributed by atoms with van der Waals surface area (Å²) in [5, 5.41) is 0. The number of benzene rings is 1. The Labute approximate surface area is 145 Å². The molecule has 2 nitrogen and oxygen atoms in total. The molecule has 1 aromatic rings. The minimum absolute atomic E-state index is 0.805. The second-order valence-corrected chi connectivity index (χ2v) is 8.30. The third-order valence-corrected chi connectivity index (χ3v) is 6.49. The lowest BCUT2D eigenvalue weighted by Gasteiger charge is -2.14. The normalized spacial score (nSPS) is 11.3. The van der Waals surface area contributed by atoms with Gasteiger partial charge in [-0.25, -0.2) is 0 Å². The van der Waals surface area contributed by atoms with Crippen LogP contribution in [-0.2, 0) is 15.3 Å². The number of aryl methyl sites for hydroxylation is 1. The van der Waals surface area contributed by atoms with E-state index in [1.165, 1.54) is 69.4 Å². The maximum absolute atomic E-state index is 5.71. The van der Waals surface area contributed by atoms with Crippen LogP contribution >= 0.6 is 0 Å². The van der Waals surface area contributed by atoms with Gasteiger partial charge in [0.05, 0.1) is 0 Å². The molecule has 0 unspecified atom stereocenters. The molecule has 0 saturated carbocycles. The number of hydrogen-bond acceptors (Lipinski definition) is 2. The minimum Gasteiger partial charge on any atom is -0.397 e. The lowest BCUT2D eigenvalue weighted by atomic mass is 10.0. The Kier molecular flexibility index (Phi) is 13.2. The van der Waals surface area contributed by atoms with Crippen LogP contribution in [0.25, 0.3) is 0 Å². The van der Waals surface area contributed by atoms with Crippen molar-refractivity contribution in [1.82, 2.24) is 0 Å². The Morgan fingerprint density at radius 1 is 0.696 bits per heavy atom. The molecule has 0 bridgehead atoms. The zero-order valence-corrected chi connectivity index (χ0v) is 16.4. The zero-order chi connectivity index (χ0) is 16.6. The molecule has 0 atom stereocenters. The van der Waals surface area contributed by atoms with Crippen LogP contribution in [0.1, 0.15) is 70.8 Å². The van der Waals surface area contributed by atoms with Crippen LogP contribution in [0.2, 0.25) is 6.04 Å². The molecule has 23 heavy (non-hydrogen) atoms. The van der Waals surface area contributed by atoms with Crippen molar-refractivity contribution < 1.29 is 8.85 Å². The van der Waals surface area contributed by atoms with Crippen molar-refractivity contribution in [1.29, 1.82) is 0 Å². The molecule has 3 heteroatoms. The molecule has 0 spiro atoms. The van der Waals surface area contributed by atoms with Crippen molar-refractivity contribution in [2.75, 3.05) is 13.2 Å². The van der Waals surface area contributed by atoms with Gasteiger partial charge in [0, 0.05) is 13.2 Å². The highest BCUT2D eigenvalue weighted by atomic mass is 28.3. The molecule has 0 N–H and O–H groups in total. The minimum atomic E-state index is -1.34. The molecule has 0 saturated heterocycles. The fourth-order valence-electron chi connectivity index (χ4n) is 2.93. The summed E-state index contributed by atoms with van der Waals surface area (Å²) in [7, 11) is -1.34. The molecular weight excluding hydrogens is 300 g/mol. The van der Waals surface area contributed by atoms with Crippen LogP contribution in [0.4, 0.5) is 0 Å². The van der Waals surface area contributed by atoms with Gasteiger partial charge in [-0.1, -0.05) is 75.3 Å². The molecule has 0 aromatic heterocycles. The van der Waals surface area contributed by atoms with Gasteiger partial charge in [-0.3, -0.25) is 0 Å². The van der Waals surface area contributed by atoms with E-state index in [-0.39, 0.29) is 0 Å². The van der Waals surface area contributed by atoms with Crippen LogP contribution < -0.4 is 0 Å². The van der Waals surface area contributed by atoms with Gasteiger partial charge in [0.25, 0.3) is 0 Å². The highest BCUT2D eigenvalue weighted by Crippen LogP contribution is 2.13. The largest absolute Gasteiger partial charge is 0.397 e. The highest BCUT2D eigenvalue weighted by molar-refractivity contribution is 6.44. The van der Waals surface area contributed by atoms with Gasteiger partial charge in [-0.15, -0.1) is 0 Å². The summed E-state index contributed by atoms with van der Waals surface area (Å²) in [5.74, 6) is 0. The number of rotatable bonds is 15. The predicted octanol–water partition coefficient (Wildman–Crippen LogP) is 5.64. The summed E-state index contributed by atoms with van der Waals surface area (Å²) in [6, 6.07) is 12.0. The predicted molar refractivity (Wildman–Crippen MR) is 102 cm³/mol. The van der Waals surface area contributed by atoms with Crippen LogP contribution in [0, 0.1) is 0 Å². The molecular formula is C20H36O2Si. The van der Waals surface area contributed by atoms with Crippen LogP contribution in [0.15, 0.2) is 30.3 Å². The summed E-state index contributed by atoms with van der Waals surface area (Å²) in [5.41, 5.74) is 1.48. The van der Waals surface area contributed by atoms with Crippen LogP contribution in [0.3, 0.4) is 0 Å². The van der Waals surface area contributed by atoms with Gasteiger partial charge >= 0.3 is 9.28 Å². The topological polar surface area (TPSA) is 18.5 Å². The van der Waals surface area contributed by atoms with E-state index in [1.807, 2.05) is 0 Å². The summed E-state index contributed by atoms with van der Waals surface area (Å²) < 4.78 is 11.4. The quantitative estimate of drug-likeness (QED) is 0.305. The Hall–Kier alpha value is -0.643. The molecule has 132 valence electrons. The van der Waals surface area contributed by atoms with Crippen molar-refractivity contribution in [3.8, 4) is 0 Å². The Morgan fingerprint density at radius 2 is 1.22 bits per heavy atom. The zero-order valence-electron chi connectivity index (χ0n) is 15.3. The third kappa shape index (κ3) is 11.5. The first-order chi connectivity index (χ1) is 11.4. The van der Waals surface area contributed by atoms with E-state index < -0.39 is 9.28 Å². The smallest absolute Gasteiger partial charge is 0.321 e. The first-order valence-corrected chi connectivity index (χ1v) is 11.4. The molecule has 0 fully saturated rings. The summed E-state index contributed by atoms with van der Waals surface area (Å²) >= 11 is 0. The van der Waals surface area contributed by atoms with E-state index in [9.17, 15) is 0 Å². The highest BCUT2D eigenvalue weighted by Gasteiger charge is 2.10. The molecule has 1 rings (SSSR count). The lowest BCUT2D eigenvalue weighted by Crippen LogP contribution is -2.22. The average Bonchev–Trinajstić information content (AvgIpc) is 2.58. The number of unbranched alkanes of at least 4 members (excludes halogenated alkanes) is 7. The Morgan fingerprint density at radius 3 is 1.78 bits per heavy atom. The molecule has 1 aromatic carbocycles. The van der Waals surface area contributed by atoms with Crippen molar-refractivity contribution in [2.45, 2.75) is 77.7 Å². The molecule has 0 amide bonds. The summed E-state index contributed by atoms with van der Waals surface area (Å²) in [6.45, 7) is 5.74. The van der Waals surface area contributed by atoms with E-state index in [0.717, 1.165) is 13.2 Å². The van der Waals surface area contributed by atoms with Gasteiger partial charge in [0.2, 0.25) is 0 Å². The van der Waals surface area contributed by atoms with Crippen molar-refractivity contribution in [3.63, 3.8) is 0 Å². The maximum Gasteiger partial charge on any atom is 0.321 e. The van der Waals surface area contributed by atoms with Crippen LogP contribution in [-0.4, -0.2) is 22.5 Å². The first kappa shape index (κ1) is 20.4. The standard InChI is InChI=1S/C20H36O2Si/c1-3-21-23(22-4-2)19-15-10-8-6-5-7-9-12-16-20-17-13-11-14-18-20/h11,13-14,17-18,23H,3-10,12,15-16,19H2,1-2H3. The lowest BCUT2D eigenvalue weighted by molar-refractivity contribution is 0.212. The van der Waals surface area contributed by atoms with E-state index in [0.29, 0.717) is 0 Å². The van der Waals surface area contributed by atoms with E-state index in [1.54, 1.807) is 0 Å². The summed E-state index contributed by atoms with van der Waals surface area (Å²) in [6.07, 6.45) is 12.1. The van der Waals surface area contributed by atoms with Crippen molar-refractivity contribution >= 4 is 9.28 Å². The first-order valence-electron chi connectivity index (χ1n) is 9.64. The Bertz CT molecular complexity index is 350. The molecule has 0 radical (unpaired) electrons. The van der Waals surface area contributed by atoms with E-state index >= 15 is 0 Å². The number of hydrogen-bond donors (Lipinski definition) is 0. The fraction of sp³-hybridized carbons (Fsp3) is 0.700. The van der Waals surface area contributed by atoms with E-state index in [2.05, 4.69) is 44.2 Å². The van der Waals surface area contributed by atoms with Gasteiger partial charge < -0.3 is 8.85 Å². The fourth-order valence-corrected chi connectivity index (χ4v) is 4.73. The van der Waals surface area contributed by atoms with Crippen LogP contribution in [0.5, 0.6) is 0 Å². The SMILES string of the molecule is CCO[SiH](CCCCCCCCCCc1ccccc1)OCC. The van der Waals surface area contributed by atoms with Crippen molar-refractivity contribution in [2.24, 2.45) is 0 Å². The summed E-state index contributed by atoms with van der Waals surface area (Å²) in [4.78, 5) is 0. The van der Waals surface area contributed by atoms with Crippen molar-refractivity contribution in [3.05, 3.63) is 35.9 Å². The van der Waals surface area contributed by atoms with Gasteiger partial charge in [0.15, 0.2) is 0 Å².